The summed E-state index contributed by atoms with van der Waals surface area (Å²) in [5.74, 6) is -1.13. The van der Waals surface area contributed by atoms with Crippen LogP contribution < -0.4 is 10.9 Å². The molecule has 27 heavy (non-hydrogen) atoms. The lowest BCUT2D eigenvalue weighted by Gasteiger charge is -2.18. The van der Waals surface area contributed by atoms with Gasteiger partial charge in [-0.15, -0.1) is 0 Å². The molecule has 7 nitrogen and oxygen atoms in total. The Morgan fingerprint density at radius 2 is 1.96 bits per heavy atom. The minimum atomic E-state index is -0.682. The van der Waals surface area contributed by atoms with Crippen molar-refractivity contribution in [3.8, 4) is 0 Å². The van der Waals surface area contributed by atoms with Crippen LogP contribution in [0.3, 0.4) is 0 Å². The summed E-state index contributed by atoms with van der Waals surface area (Å²) >= 11 is 5.90. The van der Waals surface area contributed by atoms with Gasteiger partial charge in [0.05, 0.1) is 19.6 Å². The van der Waals surface area contributed by atoms with Crippen molar-refractivity contribution in [1.29, 1.82) is 0 Å². The van der Waals surface area contributed by atoms with Crippen LogP contribution in [0.5, 0.6) is 0 Å². The molecule has 0 bridgehead atoms. The van der Waals surface area contributed by atoms with Gasteiger partial charge >= 0.3 is 5.97 Å². The number of hydrogen-bond donors (Lipinski definition) is 1. The van der Waals surface area contributed by atoms with Crippen LogP contribution in [0.15, 0.2) is 59.7 Å². The van der Waals surface area contributed by atoms with Crippen LogP contribution in [0.1, 0.15) is 28.4 Å². The summed E-state index contributed by atoms with van der Waals surface area (Å²) in [6.45, 7) is 0. The minimum absolute atomic E-state index is 0.0911. The fourth-order valence-electron chi connectivity index (χ4n) is 2.62. The van der Waals surface area contributed by atoms with Crippen molar-refractivity contribution in [2.75, 3.05) is 7.11 Å². The van der Waals surface area contributed by atoms with Crippen LogP contribution in [-0.2, 0) is 9.53 Å². The second kappa shape index (κ2) is 8.01. The van der Waals surface area contributed by atoms with Gasteiger partial charge in [0, 0.05) is 17.4 Å². The van der Waals surface area contributed by atoms with Gasteiger partial charge in [0.2, 0.25) is 0 Å². The summed E-state index contributed by atoms with van der Waals surface area (Å²) in [4.78, 5) is 41.1. The minimum Gasteiger partial charge on any atom is -0.469 e. The molecule has 0 aliphatic heterocycles. The van der Waals surface area contributed by atoms with Gasteiger partial charge in [-0.05, 0) is 29.8 Å². The predicted octanol–water partition coefficient (Wildman–Crippen LogP) is 2.38. The number of rotatable bonds is 5. The number of nitrogens with one attached hydrogen (secondary N) is 1. The first-order chi connectivity index (χ1) is 13.0. The normalized spacial score (nSPS) is 11.8. The Hall–Kier alpha value is -3.19. The van der Waals surface area contributed by atoms with Crippen LogP contribution >= 0.6 is 11.6 Å². The van der Waals surface area contributed by atoms with Gasteiger partial charge in [-0.2, -0.15) is 0 Å². The number of fused-ring (bicyclic) bond motifs is 1. The van der Waals surface area contributed by atoms with E-state index in [0.29, 0.717) is 16.2 Å². The third-order valence-electron chi connectivity index (χ3n) is 4.03. The van der Waals surface area contributed by atoms with E-state index in [0.717, 1.165) is 0 Å². The van der Waals surface area contributed by atoms with E-state index in [4.69, 9.17) is 16.3 Å². The van der Waals surface area contributed by atoms with E-state index in [1.807, 2.05) is 0 Å². The first-order valence-electron chi connectivity index (χ1n) is 8.09. The molecule has 0 aliphatic carbocycles. The average Bonchev–Trinajstić information content (AvgIpc) is 2.68. The summed E-state index contributed by atoms with van der Waals surface area (Å²) in [7, 11) is 1.27. The molecule has 0 fully saturated rings. The maximum absolute atomic E-state index is 12.7. The van der Waals surface area contributed by atoms with E-state index in [-0.39, 0.29) is 12.0 Å². The van der Waals surface area contributed by atoms with Crippen LogP contribution in [0.25, 0.3) is 5.65 Å². The smallest absolute Gasteiger partial charge is 0.307 e. The van der Waals surface area contributed by atoms with Gasteiger partial charge in [0.15, 0.2) is 0 Å². The van der Waals surface area contributed by atoms with Crippen LogP contribution in [0.2, 0.25) is 5.02 Å². The molecule has 2 heterocycles. The number of pyridine rings is 1. The van der Waals surface area contributed by atoms with Crippen molar-refractivity contribution in [1.82, 2.24) is 14.7 Å². The van der Waals surface area contributed by atoms with E-state index in [1.54, 1.807) is 42.5 Å². The molecular formula is C19H16ClN3O4. The molecule has 1 unspecified atom stereocenters. The summed E-state index contributed by atoms with van der Waals surface area (Å²) in [6.07, 6.45) is 2.67. The SMILES string of the molecule is COC(=O)CC(NC(=O)c1cnc2ccccn2c1=O)c1ccc(Cl)cc1. The lowest BCUT2D eigenvalue weighted by atomic mass is 10.0. The molecule has 0 saturated heterocycles. The summed E-state index contributed by atoms with van der Waals surface area (Å²) in [6, 6.07) is 11.1. The molecule has 138 valence electrons. The van der Waals surface area contributed by atoms with Crippen molar-refractivity contribution in [2.45, 2.75) is 12.5 Å². The maximum atomic E-state index is 12.7. The molecule has 1 atom stereocenters. The number of amides is 1. The standard InChI is InChI=1S/C19H16ClN3O4/c1-27-17(24)10-15(12-5-7-13(20)8-6-12)22-18(25)14-11-21-16-4-2-3-9-23(16)19(14)26/h2-9,11,15H,10H2,1H3,(H,22,25). The molecule has 3 rings (SSSR count). The largest absolute Gasteiger partial charge is 0.469 e. The number of benzene rings is 1. The van der Waals surface area contributed by atoms with E-state index < -0.39 is 23.5 Å². The first-order valence-corrected chi connectivity index (χ1v) is 8.47. The number of esters is 1. The Labute approximate surface area is 159 Å². The number of aromatic nitrogens is 2. The van der Waals surface area contributed by atoms with Gasteiger partial charge in [0.1, 0.15) is 11.2 Å². The molecular weight excluding hydrogens is 370 g/mol. The van der Waals surface area contributed by atoms with E-state index in [9.17, 15) is 14.4 Å². The van der Waals surface area contributed by atoms with Crippen molar-refractivity contribution in [3.05, 3.63) is 81.4 Å². The number of nitrogens with zero attached hydrogens (tertiary/aromatic N) is 2. The fourth-order valence-corrected chi connectivity index (χ4v) is 2.74. The highest BCUT2D eigenvalue weighted by molar-refractivity contribution is 6.30. The number of methoxy groups -OCH3 is 1. The highest BCUT2D eigenvalue weighted by Gasteiger charge is 2.22. The average molecular weight is 386 g/mol. The second-order valence-electron chi connectivity index (χ2n) is 5.76. The van der Waals surface area contributed by atoms with Gasteiger partial charge in [-0.3, -0.25) is 18.8 Å². The Balaban J connectivity index is 1.92. The molecule has 2 aromatic heterocycles. The molecule has 3 aromatic rings. The van der Waals surface area contributed by atoms with E-state index in [2.05, 4.69) is 10.3 Å². The second-order valence-corrected chi connectivity index (χ2v) is 6.20. The number of carbonyl (C=O) groups is 2. The Bertz CT molecular complexity index is 1050. The monoisotopic (exact) mass is 385 g/mol. The highest BCUT2D eigenvalue weighted by atomic mass is 35.5. The summed E-state index contributed by atoms with van der Waals surface area (Å²) in [5, 5.41) is 3.23. The van der Waals surface area contributed by atoms with Crippen molar-refractivity contribution in [3.63, 3.8) is 0 Å². The number of halogens is 1. The quantitative estimate of drug-likeness (QED) is 0.681. The van der Waals surface area contributed by atoms with Crippen LogP contribution in [0.4, 0.5) is 0 Å². The third-order valence-corrected chi connectivity index (χ3v) is 4.29. The number of carbonyl (C=O) groups excluding carboxylic acids is 2. The van der Waals surface area contributed by atoms with Gasteiger partial charge in [0.25, 0.3) is 11.5 Å². The van der Waals surface area contributed by atoms with E-state index >= 15 is 0 Å². The van der Waals surface area contributed by atoms with Gasteiger partial charge in [-0.1, -0.05) is 29.8 Å². The Morgan fingerprint density at radius 1 is 1.22 bits per heavy atom. The lowest BCUT2D eigenvalue weighted by molar-refractivity contribution is -0.141. The summed E-state index contributed by atoms with van der Waals surface area (Å²) < 4.78 is 5.98. The van der Waals surface area contributed by atoms with Crippen molar-refractivity contribution < 1.29 is 14.3 Å². The molecule has 8 heteroatoms. The Kier molecular flexibility index (Phi) is 5.52. The highest BCUT2D eigenvalue weighted by Crippen LogP contribution is 2.20. The zero-order valence-electron chi connectivity index (χ0n) is 14.4. The number of ether oxygens (including phenoxy) is 1. The maximum Gasteiger partial charge on any atom is 0.307 e. The van der Waals surface area contributed by atoms with Crippen LogP contribution in [-0.4, -0.2) is 28.4 Å². The third kappa shape index (κ3) is 4.15. The molecule has 0 radical (unpaired) electrons. The molecule has 1 amide bonds. The molecule has 1 N–H and O–H groups in total. The topological polar surface area (TPSA) is 89.8 Å². The molecule has 0 spiro atoms. The summed E-state index contributed by atoms with van der Waals surface area (Å²) in [5.41, 5.74) is 0.475. The lowest BCUT2D eigenvalue weighted by Crippen LogP contribution is -2.35. The zero-order chi connectivity index (χ0) is 19.4. The number of hydrogen-bond acceptors (Lipinski definition) is 5. The Morgan fingerprint density at radius 3 is 2.67 bits per heavy atom. The van der Waals surface area contributed by atoms with Gasteiger partial charge in [-0.25, -0.2) is 4.98 Å². The fraction of sp³-hybridized carbons (Fsp3) is 0.158. The molecule has 0 saturated carbocycles. The zero-order valence-corrected chi connectivity index (χ0v) is 15.1. The van der Waals surface area contributed by atoms with Gasteiger partial charge < -0.3 is 10.1 Å². The molecule has 1 aromatic carbocycles. The van der Waals surface area contributed by atoms with Crippen LogP contribution in [0, 0.1) is 0 Å². The molecule has 0 aliphatic rings. The van der Waals surface area contributed by atoms with E-state index in [1.165, 1.54) is 23.9 Å². The van der Waals surface area contributed by atoms with Crippen molar-refractivity contribution in [2.24, 2.45) is 0 Å². The first kappa shape index (κ1) is 18.6. The predicted molar refractivity (Wildman–Crippen MR) is 99.8 cm³/mol. The van der Waals surface area contributed by atoms with Crippen molar-refractivity contribution >= 4 is 29.1 Å².